The number of amides is 1. The van der Waals surface area contributed by atoms with Crippen LogP contribution < -0.4 is 5.32 Å². The van der Waals surface area contributed by atoms with E-state index < -0.39 is 24.9 Å². The number of ether oxygens (including phenoxy) is 1. The summed E-state index contributed by atoms with van der Waals surface area (Å²) >= 11 is 0. The molecule has 9 nitrogen and oxygen atoms in total. The van der Waals surface area contributed by atoms with Crippen LogP contribution in [0.2, 0.25) is 0 Å². The van der Waals surface area contributed by atoms with Crippen LogP contribution in [0, 0.1) is 0 Å². The third-order valence-electron chi connectivity index (χ3n) is 6.42. The Hall–Kier alpha value is -4.64. The Balaban J connectivity index is 1.27. The van der Waals surface area contributed by atoms with Crippen molar-refractivity contribution < 1.29 is 18.3 Å². The number of likely N-dealkylation sites (tertiary alicyclic amines) is 1. The number of aromatic nitrogens is 5. The summed E-state index contributed by atoms with van der Waals surface area (Å²) < 4.78 is 33.7. The molecule has 0 atom stereocenters. The second-order valence-electron chi connectivity index (χ2n) is 9.12. The molecule has 1 saturated heterocycles. The maximum absolute atomic E-state index is 13.4. The van der Waals surface area contributed by atoms with Gasteiger partial charge in [-0.2, -0.15) is 5.10 Å². The number of halogens is 2. The lowest BCUT2D eigenvalue weighted by molar-refractivity contribution is -0.113. The topological polar surface area (TPSA) is 101 Å². The molecule has 0 spiro atoms. The highest BCUT2D eigenvalue weighted by Crippen LogP contribution is 2.31. The van der Waals surface area contributed by atoms with Gasteiger partial charge in [-0.05, 0) is 35.9 Å². The second kappa shape index (κ2) is 9.34. The highest BCUT2D eigenvalue weighted by molar-refractivity contribution is 6.00. The molecular weight excluding hydrogens is 492 g/mol. The van der Waals surface area contributed by atoms with Crippen LogP contribution in [-0.2, 0) is 11.5 Å². The van der Waals surface area contributed by atoms with Crippen molar-refractivity contribution in [1.82, 2.24) is 29.6 Å². The Morgan fingerprint density at radius 3 is 2.58 bits per heavy atom. The molecule has 0 radical (unpaired) electrons. The number of benzene rings is 2. The summed E-state index contributed by atoms with van der Waals surface area (Å²) in [5.41, 5.74) is 4.66. The van der Waals surface area contributed by atoms with Gasteiger partial charge in [-0.15, -0.1) is 0 Å². The molecule has 0 aliphatic carbocycles. The van der Waals surface area contributed by atoms with E-state index in [1.54, 1.807) is 29.1 Å². The molecule has 1 aliphatic heterocycles. The van der Waals surface area contributed by atoms with Crippen LogP contribution in [0.25, 0.3) is 33.4 Å². The first-order valence-corrected chi connectivity index (χ1v) is 11.9. The SMILES string of the molecule is COCn1c(C(=O)N2CC(F)(F)C2)cc2ccc(-c3nccc(Nc4ccc(-c5cn[nH]c5)cc4)n3)cc21. The summed E-state index contributed by atoms with van der Waals surface area (Å²) in [4.78, 5) is 23.2. The Bertz CT molecular complexity index is 1610. The minimum absolute atomic E-state index is 0.0928. The van der Waals surface area contributed by atoms with Gasteiger partial charge in [0.1, 0.15) is 18.2 Å². The molecule has 1 amide bonds. The van der Waals surface area contributed by atoms with Crippen LogP contribution in [0.4, 0.5) is 20.3 Å². The van der Waals surface area contributed by atoms with Crippen LogP contribution in [0.3, 0.4) is 0 Å². The Morgan fingerprint density at radius 1 is 1.08 bits per heavy atom. The van der Waals surface area contributed by atoms with Crippen LogP contribution in [0.5, 0.6) is 0 Å². The number of nitrogens with zero attached hydrogens (tertiary/aromatic N) is 5. The zero-order valence-corrected chi connectivity index (χ0v) is 20.4. The quantitative estimate of drug-likeness (QED) is 0.319. The van der Waals surface area contributed by atoms with Crippen molar-refractivity contribution >= 4 is 28.3 Å². The van der Waals surface area contributed by atoms with E-state index in [4.69, 9.17) is 4.74 Å². The van der Waals surface area contributed by atoms with Crippen molar-refractivity contribution in [2.45, 2.75) is 12.7 Å². The minimum Gasteiger partial charge on any atom is -0.364 e. The molecular formula is C27H23F2N7O2. The number of alkyl halides is 2. The standard InChI is InChI=1S/C27H23F2N7O2/c1-38-16-36-22-11-19(3-2-18(22)10-23(36)26(37)35-14-27(28,29)15-35)25-30-9-8-24(34-25)33-21-6-4-17(5-7-21)20-12-31-32-13-20/h2-13H,14-16H2,1H3,(H,31,32)(H,30,33,34). The molecule has 11 heteroatoms. The molecule has 5 aromatic rings. The van der Waals surface area contributed by atoms with Crippen LogP contribution in [0.15, 0.2) is 73.2 Å². The Morgan fingerprint density at radius 2 is 1.87 bits per heavy atom. The van der Waals surface area contributed by atoms with Gasteiger partial charge in [0, 0.05) is 41.7 Å². The number of hydrogen-bond donors (Lipinski definition) is 2. The molecule has 3 aromatic heterocycles. The summed E-state index contributed by atoms with van der Waals surface area (Å²) in [6.07, 6.45) is 5.27. The van der Waals surface area contributed by atoms with Gasteiger partial charge in [0.05, 0.1) is 24.8 Å². The number of methoxy groups -OCH3 is 1. The van der Waals surface area contributed by atoms with Crippen molar-refractivity contribution in [3.8, 4) is 22.5 Å². The average Bonchev–Trinajstić information content (AvgIpc) is 3.56. The summed E-state index contributed by atoms with van der Waals surface area (Å²) in [7, 11) is 1.52. The lowest BCUT2D eigenvalue weighted by Crippen LogP contribution is -2.58. The van der Waals surface area contributed by atoms with Crippen molar-refractivity contribution in [1.29, 1.82) is 0 Å². The monoisotopic (exact) mass is 515 g/mol. The number of H-pyrrole nitrogens is 1. The van der Waals surface area contributed by atoms with E-state index in [1.807, 2.05) is 48.7 Å². The van der Waals surface area contributed by atoms with E-state index in [9.17, 15) is 13.6 Å². The van der Waals surface area contributed by atoms with Crippen molar-refractivity contribution in [3.63, 3.8) is 0 Å². The van der Waals surface area contributed by atoms with E-state index >= 15 is 0 Å². The fraction of sp³-hybridized carbons (Fsp3) is 0.185. The maximum atomic E-state index is 13.4. The molecule has 2 N–H and O–H groups in total. The van der Waals surface area contributed by atoms with Crippen LogP contribution in [-0.4, -0.2) is 61.7 Å². The summed E-state index contributed by atoms with van der Waals surface area (Å²) in [6.45, 7) is -1.06. The number of anilines is 2. The predicted octanol–water partition coefficient (Wildman–Crippen LogP) is 4.93. The molecule has 1 fully saturated rings. The van der Waals surface area contributed by atoms with Crippen molar-refractivity contribution in [2.75, 3.05) is 25.5 Å². The molecule has 0 saturated carbocycles. The van der Waals surface area contributed by atoms with Gasteiger partial charge >= 0.3 is 0 Å². The summed E-state index contributed by atoms with van der Waals surface area (Å²) in [6, 6.07) is 17.0. The highest BCUT2D eigenvalue weighted by Gasteiger charge is 2.47. The zero-order valence-electron chi connectivity index (χ0n) is 20.4. The van der Waals surface area contributed by atoms with Gasteiger partial charge < -0.3 is 19.5 Å². The van der Waals surface area contributed by atoms with Gasteiger partial charge in [0.2, 0.25) is 0 Å². The Kier molecular flexibility index (Phi) is 5.84. The summed E-state index contributed by atoms with van der Waals surface area (Å²) in [5, 5.41) is 10.9. The number of hydrogen-bond acceptors (Lipinski definition) is 6. The number of rotatable bonds is 7. The fourth-order valence-corrected chi connectivity index (χ4v) is 4.53. The van der Waals surface area contributed by atoms with Gasteiger partial charge in [0.15, 0.2) is 5.82 Å². The zero-order chi connectivity index (χ0) is 26.3. The van der Waals surface area contributed by atoms with E-state index in [0.717, 1.165) is 38.2 Å². The fourth-order valence-electron chi connectivity index (χ4n) is 4.53. The van der Waals surface area contributed by atoms with E-state index in [0.29, 0.717) is 17.3 Å². The lowest BCUT2D eigenvalue weighted by Gasteiger charge is -2.38. The van der Waals surface area contributed by atoms with Gasteiger partial charge in [0.25, 0.3) is 11.8 Å². The molecule has 4 heterocycles. The van der Waals surface area contributed by atoms with E-state index in [-0.39, 0.29) is 6.73 Å². The minimum atomic E-state index is -2.83. The van der Waals surface area contributed by atoms with E-state index in [1.165, 1.54) is 7.11 Å². The first kappa shape index (κ1) is 23.7. The molecule has 0 unspecified atom stereocenters. The normalized spacial score (nSPS) is 14.4. The third-order valence-corrected chi connectivity index (χ3v) is 6.42. The van der Waals surface area contributed by atoms with Gasteiger partial charge in [-0.25, -0.2) is 18.7 Å². The molecule has 2 aromatic carbocycles. The number of nitrogens with one attached hydrogen (secondary N) is 2. The highest BCUT2D eigenvalue weighted by atomic mass is 19.3. The van der Waals surface area contributed by atoms with Crippen molar-refractivity contribution in [2.24, 2.45) is 0 Å². The Labute approximate surface area is 216 Å². The first-order valence-electron chi connectivity index (χ1n) is 11.9. The molecule has 0 bridgehead atoms. The molecule has 1 aliphatic rings. The second-order valence-corrected chi connectivity index (χ2v) is 9.12. The molecule has 6 rings (SSSR count). The number of carbonyl (C=O) groups is 1. The summed E-state index contributed by atoms with van der Waals surface area (Å²) in [5.74, 6) is -2.17. The van der Waals surface area contributed by atoms with Crippen LogP contribution >= 0.6 is 0 Å². The lowest BCUT2D eigenvalue weighted by atomic mass is 10.1. The first-order chi connectivity index (χ1) is 18.4. The van der Waals surface area contributed by atoms with Gasteiger partial charge in [-0.1, -0.05) is 24.3 Å². The number of fused-ring (bicyclic) bond motifs is 1. The average molecular weight is 516 g/mol. The largest absolute Gasteiger partial charge is 0.364 e. The van der Waals surface area contributed by atoms with Gasteiger partial charge in [-0.3, -0.25) is 9.89 Å². The van der Waals surface area contributed by atoms with Crippen LogP contribution in [0.1, 0.15) is 10.5 Å². The number of carbonyl (C=O) groups excluding carboxylic acids is 1. The van der Waals surface area contributed by atoms with Crippen molar-refractivity contribution in [3.05, 3.63) is 78.9 Å². The molecule has 38 heavy (non-hydrogen) atoms. The number of aromatic amines is 1. The maximum Gasteiger partial charge on any atom is 0.282 e. The predicted molar refractivity (Wildman–Crippen MR) is 138 cm³/mol. The molecule has 192 valence electrons. The third kappa shape index (κ3) is 4.48. The van der Waals surface area contributed by atoms with E-state index in [2.05, 4.69) is 25.5 Å². The smallest absolute Gasteiger partial charge is 0.282 e.